The van der Waals surface area contributed by atoms with Gasteiger partial charge >= 0.3 is 0 Å². The van der Waals surface area contributed by atoms with Gasteiger partial charge in [-0.15, -0.1) is 0 Å². The van der Waals surface area contributed by atoms with Crippen LogP contribution in [0.5, 0.6) is 5.75 Å². The van der Waals surface area contributed by atoms with Crippen molar-refractivity contribution in [2.45, 2.75) is 37.7 Å². The van der Waals surface area contributed by atoms with E-state index in [1.54, 1.807) is 24.3 Å². The Hall–Kier alpha value is -2.92. The van der Waals surface area contributed by atoms with Gasteiger partial charge in [-0.1, -0.05) is 55.7 Å². The number of ether oxygens (including phenoxy) is 1. The Bertz CT molecular complexity index is 908. The molecule has 0 atom stereocenters. The SMILES string of the molecule is O=C1c2ccccc2C(=O)N1CCOc1cccc(/C=C/C2(O)CCCCC2)c1. The van der Waals surface area contributed by atoms with Crippen molar-refractivity contribution in [3.8, 4) is 5.75 Å². The molecule has 1 aliphatic heterocycles. The van der Waals surface area contributed by atoms with Crippen LogP contribution in [-0.4, -0.2) is 40.6 Å². The third-order valence-electron chi connectivity index (χ3n) is 5.63. The predicted octanol–water partition coefficient (Wildman–Crippen LogP) is 4.07. The second-order valence-electron chi connectivity index (χ2n) is 7.73. The Morgan fingerprint density at radius 1 is 0.966 bits per heavy atom. The Morgan fingerprint density at radius 3 is 2.34 bits per heavy atom. The van der Waals surface area contributed by atoms with Gasteiger partial charge in [-0.25, -0.2) is 0 Å². The fourth-order valence-electron chi connectivity index (χ4n) is 3.99. The summed E-state index contributed by atoms with van der Waals surface area (Å²) in [5, 5.41) is 10.6. The van der Waals surface area contributed by atoms with Gasteiger partial charge in [0.15, 0.2) is 0 Å². The lowest BCUT2D eigenvalue weighted by Gasteiger charge is -2.28. The minimum absolute atomic E-state index is 0.201. The first kappa shape index (κ1) is 19.4. The maximum atomic E-state index is 12.4. The van der Waals surface area contributed by atoms with Gasteiger partial charge < -0.3 is 9.84 Å². The number of carbonyl (C=O) groups excluding carboxylic acids is 2. The standard InChI is InChI=1S/C24H25NO4/c26-22-20-9-2-3-10-21(20)23(27)25(22)15-16-29-19-8-6-7-18(17-19)11-14-24(28)12-4-1-5-13-24/h2-3,6-11,14,17,28H,1,4-5,12-13,15-16H2/b14-11+. The molecule has 0 unspecified atom stereocenters. The summed E-state index contributed by atoms with van der Waals surface area (Å²) < 4.78 is 5.78. The molecule has 5 nitrogen and oxygen atoms in total. The summed E-state index contributed by atoms with van der Waals surface area (Å²) in [6.07, 6.45) is 8.74. The van der Waals surface area contributed by atoms with Crippen molar-refractivity contribution in [2.24, 2.45) is 0 Å². The Balaban J connectivity index is 1.35. The average Bonchev–Trinajstić information content (AvgIpc) is 2.98. The molecular weight excluding hydrogens is 366 g/mol. The minimum Gasteiger partial charge on any atom is -0.492 e. The molecule has 0 aromatic heterocycles. The first-order chi connectivity index (χ1) is 14.1. The van der Waals surface area contributed by atoms with E-state index in [1.165, 1.54) is 11.3 Å². The number of amides is 2. The van der Waals surface area contributed by atoms with Crippen LogP contribution in [0.1, 0.15) is 58.4 Å². The van der Waals surface area contributed by atoms with E-state index in [-0.39, 0.29) is 25.0 Å². The lowest BCUT2D eigenvalue weighted by atomic mass is 9.84. The van der Waals surface area contributed by atoms with Crippen LogP contribution < -0.4 is 4.74 Å². The summed E-state index contributed by atoms with van der Waals surface area (Å²) in [6.45, 7) is 0.425. The maximum absolute atomic E-state index is 12.4. The molecule has 4 rings (SSSR count). The van der Waals surface area contributed by atoms with Crippen LogP contribution in [0.3, 0.4) is 0 Å². The van der Waals surface area contributed by atoms with Crippen LogP contribution >= 0.6 is 0 Å². The van der Waals surface area contributed by atoms with E-state index in [1.807, 2.05) is 36.4 Å². The Kier molecular flexibility index (Phi) is 5.49. The lowest BCUT2D eigenvalue weighted by Crippen LogP contribution is -2.33. The van der Waals surface area contributed by atoms with Crippen LogP contribution in [0.4, 0.5) is 0 Å². The Labute approximate surface area is 170 Å². The normalized spacial score (nSPS) is 18.3. The summed E-state index contributed by atoms with van der Waals surface area (Å²) in [4.78, 5) is 26.0. The summed E-state index contributed by atoms with van der Waals surface area (Å²) in [7, 11) is 0. The number of fused-ring (bicyclic) bond motifs is 1. The summed E-state index contributed by atoms with van der Waals surface area (Å²) in [6, 6.07) is 14.4. The molecule has 0 bridgehead atoms. The second kappa shape index (κ2) is 8.21. The van der Waals surface area contributed by atoms with Gasteiger partial charge in [0.25, 0.3) is 11.8 Å². The van der Waals surface area contributed by atoms with Gasteiger partial charge in [0, 0.05) is 0 Å². The molecule has 2 aromatic carbocycles. The fraction of sp³-hybridized carbons (Fsp3) is 0.333. The highest BCUT2D eigenvalue weighted by Crippen LogP contribution is 2.30. The number of carbonyl (C=O) groups is 2. The Morgan fingerprint density at radius 2 is 1.66 bits per heavy atom. The smallest absolute Gasteiger partial charge is 0.261 e. The van der Waals surface area contributed by atoms with Crippen molar-refractivity contribution < 1.29 is 19.4 Å². The molecule has 2 aromatic rings. The van der Waals surface area contributed by atoms with E-state index in [4.69, 9.17) is 4.74 Å². The molecule has 0 saturated heterocycles. The highest BCUT2D eigenvalue weighted by Gasteiger charge is 2.34. The third kappa shape index (κ3) is 4.25. The van der Waals surface area contributed by atoms with Gasteiger partial charge in [-0.05, 0) is 42.7 Å². The average molecular weight is 391 g/mol. The molecule has 1 fully saturated rings. The number of hydrogen-bond acceptors (Lipinski definition) is 4. The zero-order valence-corrected chi connectivity index (χ0v) is 16.3. The number of benzene rings is 2. The van der Waals surface area contributed by atoms with Gasteiger partial charge in [0.05, 0.1) is 23.3 Å². The predicted molar refractivity (Wildman–Crippen MR) is 111 cm³/mol. The van der Waals surface area contributed by atoms with Crippen molar-refractivity contribution >= 4 is 17.9 Å². The molecule has 1 heterocycles. The fourth-order valence-corrected chi connectivity index (χ4v) is 3.99. The van der Waals surface area contributed by atoms with E-state index >= 15 is 0 Å². The number of imide groups is 1. The molecule has 1 aliphatic carbocycles. The summed E-state index contributed by atoms with van der Waals surface area (Å²) in [5.74, 6) is 0.123. The first-order valence-electron chi connectivity index (χ1n) is 10.2. The van der Waals surface area contributed by atoms with Gasteiger partial charge in [0.2, 0.25) is 0 Å². The van der Waals surface area contributed by atoms with E-state index < -0.39 is 5.60 Å². The van der Waals surface area contributed by atoms with Gasteiger partial charge in [-0.3, -0.25) is 14.5 Å². The molecule has 29 heavy (non-hydrogen) atoms. The molecule has 1 N–H and O–H groups in total. The quantitative estimate of drug-likeness (QED) is 0.754. The number of hydrogen-bond donors (Lipinski definition) is 1. The monoisotopic (exact) mass is 391 g/mol. The van der Waals surface area contributed by atoms with Crippen molar-refractivity contribution in [2.75, 3.05) is 13.2 Å². The van der Waals surface area contributed by atoms with Crippen molar-refractivity contribution in [1.29, 1.82) is 0 Å². The molecule has 2 amide bonds. The third-order valence-corrected chi connectivity index (χ3v) is 5.63. The van der Waals surface area contributed by atoms with Crippen LogP contribution in [0.25, 0.3) is 6.08 Å². The van der Waals surface area contributed by atoms with E-state index in [0.717, 1.165) is 31.2 Å². The number of aliphatic hydroxyl groups is 1. The van der Waals surface area contributed by atoms with Gasteiger partial charge in [0.1, 0.15) is 12.4 Å². The topological polar surface area (TPSA) is 66.8 Å². The largest absolute Gasteiger partial charge is 0.492 e. The molecule has 5 heteroatoms. The van der Waals surface area contributed by atoms with Crippen LogP contribution in [0.15, 0.2) is 54.6 Å². The highest BCUT2D eigenvalue weighted by atomic mass is 16.5. The minimum atomic E-state index is -0.708. The molecule has 0 radical (unpaired) electrons. The molecule has 2 aliphatic rings. The van der Waals surface area contributed by atoms with E-state index in [2.05, 4.69) is 0 Å². The molecule has 150 valence electrons. The zero-order valence-electron chi connectivity index (χ0n) is 16.3. The van der Waals surface area contributed by atoms with Crippen LogP contribution in [-0.2, 0) is 0 Å². The van der Waals surface area contributed by atoms with Crippen LogP contribution in [0.2, 0.25) is 0 Å². The molecule has 0 spiro atoms. The second-order valence-corrected chi connectivity index (χ2v) is 7.73. The van der Waals surface area contributed by atoms with E-state index in [0.29, 0.717) is 16.9 Å². The maximum Gasteiger partial charge on any atom is 0.261 e. The van der Waals surface area contributed by atoms with Crippen molar-refractivity contribution in [1.82, 2.24) is 4.90 Å². The highest BCUT2D eigenvalue weighted by molar-refractivity contribution is 6.21. The lowest BCUT2D eigenvalue weighted by molar-refractivity contribution is 0.0521. The van der Waals surface area contributed by atoms with E-state index in [9.17, 15) is 14.7 Å². The summed E-state index contributed by atoms with van der Waals surface area (Å²) >= 11 is 0. The first-order valence-corrected chi connectivity index (χ1v) is 10.2. The number of rotatable bonds is 6. The number of nitrogens with zero attached hydrogens (tertiary/aromatic N) is 1. The van der Waals surface area contributed by atoms with Crippen molar-refractivity contribution in [3.05, 3.63) is 71.3 Å². The van der Waals surface area contributed by atoms with Crippen molar-refractivity contribution in [3.63, 3.8) is 0 Å². The molecule has 1 saturated carbocycles. The summed E-state index contributed by atoms with van der Waals surface area (Å²) in [5.41, 5.74) is 1.14. The van der Waals surface area contributed by atoms with Gasteiger partial charge in [-0.2, -0.15) is 0 Å². The zero-order chi connectivity index (χ0) is 20.3. The molecular formula is C24H25NO4. The van der Waals surface area contributed by atoms with Crippen LogP contribution in [0, 0.1) is 0 Å².